The molecule has 104 valence electrons. The molecule has 1 aromatic heterocycles. The highest BCUT2D eigenvalue weighted by molar-refractivity contribution is 5.93. The number of amides is 1. The maximum atomic E-state index is 12.5. The molecule has 1 amide bonds. The number of piperidine rings is 1. The second kappa shape index (κ2) is 6.04. The number of rotatable bonds is 3. The van der Waals surface area contributed by atoms with Gasteiger partial charge in [-0.15, -0.1) is 0 Å². The molecule has 1 aromatic rings. The summed E-state index contributed by atoms with van der Waals surface area (Å²) in [5.41, 5.74) is 0.541. The summed E-state index contributed by atoms with van der Waals surface area (Å²) in [4.78, 5) is 18.9. The fourth-order valence-electron chi connectivity index (χ4n) is 2.60. The standard InChI is InChI=1S/C15H23N3O/c1-4-16-14-9-5-8-13(17-14)15(19)18-10-6-7-11(2)12(18)3/h5,8-9,11-12H,4,6-7,10H2,1-3H3,(H,16,17). The molecular formula is C15H23N3O. The van der Waals surface area contributed by atoms with E-state index in [0.29, 0.717) is 17.7 Å². The lowest BCUT2D eigenvalue weighted by Crippen LogP contribution is -2.46. The largest absolute Gasteiger partial charge is 0.370 e. The number of nitrogens with zero attached hydrogens (tertiary/aromatic N) is 2. The van der Waals surface area contributed by atoms with E-state index in [1.807, 2.05) is 24.0 Å². The Labute approximate surface area is 115 Å². The second-order valence-electron chi connectivity index (χ2n) is 5.30. The van der Waals surface area contributed by atoms with Crippen LogP contribution < -0.4 is 5.32 Å². The van der Waals surface area contributed by atoms with Gasteiger partial charge in [0, 0.05) is 19.1 Å². The molecule has 0 radical (unpaired) electrons. The molecule has 0 bridgehead atoms. The van der Waals surface area contributed by atoms with E-state index in [-0.39, 0.29) is 5.91 Å². The number of anilines is 1. The van der Waals surface area contributed by atoms with Crippen LogP contribution in [0.4, 0.5) is 5.82 Å². The Morgan fingerprint density at radius 2 is 2.26 bits per heavy atom. The van der Waals surface area contributed by atoms with E-state index in [4.69, 9.17) is 0 Å². The van der Waals surface area contributed by atoms with Crippen LogP contribution in [-0.4, -0.2) is 34.9 Å². The third-order valence-corrected chi connectivity index (χ3v) is 3.96. The molecule has 2 heterocycles. The molecule has 4 heteroatoms. The lowest BCUT2D eigenvalue weighted by Gasteiger charge is -2.37. The van der Waals surface area contributed by atoms with Crippen LogP contribution in [0.3, 0.4) is 0 Å². The molecule has 1 aliphatic rings. The van der Waals surface area contributed by atoms with E-state index in [0.717, 1.165) is 25.3 Å². The van der Waals surface area contributed by atoms with Crippen LogP contribution in [0.5, 0.6) is 0 Å². The van der Waals surface area contributed by atoms with Gasteiger partial charge < -0.3 is 10.2 Å². The maximum Gasteiger partial charge on any atom is 0.272 e. The number of hydrogen-bond donors (Lipinski definition) is 1. The summed E-state index contributed by atoms with van der Waals surface area (Å²) in [6.07, 6.45) is 2.29. The topological polar surface area (TPSA) is 45.2 Å². The van der Waals surface area contributed by atoms with Gasteiger partial charge in [-0.1, -0.05) is 13.0 Å². The number of aromatic nitrogens is 1. The Morgan fingerprint density at radius 3 is 3.00 bits per heavy atom. The summed E-state index contributed by atoms with van der Waals surface area (Å²) < 4.78 is 0. The molecule has 0 aromatic carbocycles. The van der Waals surface area contributed by atoms with E-state index < -0.39 is 0 Å². The maximum absolute atomic E-state index is 12.5. The quantitative estimate of drug-likeness (QED) is 0.910. The fourth-order valence-corrected chi connectivity index (χ4v) is 2.60. The molecular weight excluding hydrogens is 238 g/mol. The van der Waals surface area contributed by atoms with Gasteiger partial charge in [-0.2, -0.15) is 0 Å². The monoisotopic (exact) mass is 261 g/mol. The Morgan fingerprint density at radius 1 is 1.47 bits per heavy atom. The number of pyridine rings is 1. The van der Waals surface area contributed by atoms with Gasteiger partial charge in [0.2, 0.25) is 0 Å². The minimum atomic E-state index is 0.0544. The van der Waals surface area contributed by atoms with Gasteiger partial charge in [0.1, 0.15) is 11.5 Å². The predicted octanol–water partition coefficient (Wildman–Crippen LogP) is 2.77. The van der Waals surface area contributed by atoms with E-state index in [1.165, 1.54) is 6.42 Å². The molecule has 0 saturated carbocycles. The summed E-state index contributed by atoms with van der Waals surface area (Å²) in [7, 11) is 0. The summed E-state index contributed by atoms with van der Waals surface area (Å²) >= 11 is 0. The van der Waals surface area contributed by atoms with Crippen molar-refractivity contribution in [2.45, 2.75) is 39.7 Å². The van der Waals surface area contributed by atoms with Crippen LogP contribution in [0.2, 0.25) is 0 Å². The van der Waals surface area contributed by atoms with Crippen LogP contribution in [0, 0.1) is 5.92 Å². The van der Waals surface area contributed by atoms with Crippen LogP contribution >= 0.6 is 0 Å². The van der Waals surface area contributed by atoms with Crippen LogP contribution in [-0.2, 0) is 0 Å². The molecule has 0 aliphatic carbocycles. The first kappa shape index (κ1) is 13.8. The number of hydrogen-bond acceptors (Lipinski definition) is 3. The first-order valence-electron chi connectivity index (χ1n) is 7.15. The van der Waals surface area contributed by atoms with Gasteiger partial charge in [-0.05, 0) is 44.7 Å². The van der Waals surface area contributed by atoms with Crippen LogP contribution in [0.1, 0.15) is 44.1 Å². The van der Waals surface area contributed by atoms with E-state index in [1.54, 1.807) is 6.07 Å². The third-order valence-electron chi connectivity index (χ3n) is 3.96. The van der Waals surface area contributed by atoms with Gasteiger partial charge in [-0.25, -0.2) is 4.98 Å². The van der Waals surface area contributed by atoms with Crippen molar-refractivity contribution >= 4 is 11.7 Å². The Kier molecular flexibility index (Phi) is 4.40. The molecule has 2 atom stereocenters. The van der Waals surface area contributed by atoms with Crippen molar-refractivity contribution in [3.8, 4) is 0 Å². The minimum Gasteiger partial charge on any atom is -0.370 e. The minimum absolute atomic E-state index is 0.0544. The smallest absolute Gasteiger partial charge is 0.272 e. The summed E-state index contributed by atoms with van der Waals surface area (Å²) in [6.45, 7) is 8.02. The molecule has 0 spiro atoms. The molecule has 1 N–H and O–H groups in total. The average molecular weight is 261 g/mol. The van der Waals surface area contributed by atoms with Crippen molar-refractivity contribution in [1.29, 1.82) is 0 Å². The lowest BCUT2D eigenvalue weighted by molar-refractivity contribution is 0.0545. The zero-order chi connectivity index (χ0) is 13.8. The van der Waals surface area contributed by atoms with Crippen molar-refractivity contribution in [2.24, 2.45) is 5.92 Å². The Hall–Kier alpha value is -1.58. The van der Waals surface area contributed by atoms with Crippen molar-refractivity contribution < 1.29 is 4.79 Å². The molecule has 1 aliphatic heterocycles. The van der Waals surface area contributed by atoms with E-state index >= 15 is 0 Å². The van der Waals surface area contributed by atoms with E-state index in [9.17, 15) is 4.79 Å². The molecule has 2 unspecified atom stereocenters. The van der Waals surface area contributed by atoms with Gasteiger partial charge >= 0.3 is 0 Å². The summed E-state index contributed by atoms with van der Waals surface area (Å²) in [5.74, 6) is 1.39. The van der Waals surface area contributed by atoms with Gasteiger partial charge in [0.05, 0.1) is 0 Å². The van der Waals surface area contributed by atoms with Crippen molar-refractivity contribution in [2.75, 3.05) is 18.4 Å². The van der Waals surface area contributed by atoms with Gasteiger partial charge in [0.25, 0.3) is 5.91 Å². The number of likely N-dealkylation sites (tertiary alicyclic amines) is 1. The van der Waals surface area contributed by atoms with Crippen LogP contribution in [0.25, 0.3) is 0 Å². The van der Waals surface area contributed by atoms with E-state index in [2.05, 4.69) is 24.1 Å². The molecule has 19 heavy (non-hydrogen) atoms. The zero-order valence-corrected chi connectivity index (χ0v) is 12.0. The third kappa shape index (κ3) is 3.06. The first-order valence-corrected chi connectivity index (χ1v) is 7.15. The molecule has 1 saturated heterocycles. The van der Waals surface area contributed by atoms with Crippen molar-refractivity contribution in [3.63, 3.8) is 0 Å². The SMILES string of the molecule is CCNc1cccc(C(=O)N2CCCC(C)C2C)n1. The number of nitrogens with one attached hydrogen (secondary N) is 1. The highest BCUT2D eigenvalue weighted by Crippen LogP contribution is 2.24. The van der Waals surface area contributed by atoms with Crippen molar-refractivity contribution in [1.82, 2.24) is 9.88 Å². The summed E-state index contributed by atoms with van der Waals surface area (Å²) in [6, 6.07) is 5.87. The second-order valence-corrected chi connectivity index (χ2v) is 5.30. The highest BCUT2D eigenvalue weighted by Gasteiger charge is 2.29. The Balaban J connectivity index is 2.16. The molecule has 1 fully saturated rings. The van der Waals surface area contributed by atoms with Gasteiger partial charge in [0.15, 0.2) is 0 Å². The van der Waals surface area contributed by atoms with Gasteiger partial charge in [-0.3, -0.25) is 4.79 Å². The Bertz CT molecular complexity index is 447. The summed E-state index contributed by atoms with van der Waals surface area (Å²) in [5, 5.41) is 3.14. The normalized spacial score (nSPS) is 23.2. The highest BCUT2D eigenvalue weighted by atomic mass is 16.2. The number of carbonyl (C=O) groups is 1. The van der Waals surface area contributed by atoms with Crippen molar-refractivity contribution in [3.05, 3.63) is 23.9 Å². The average Bonchev–Trinajstić information content (AvgIpc) is 2.42. The fraction of sp³-hybridized carbons (Fsp3) is 0.600. The predicted molar refractivity (Wildman–Crippen MR) is 77.3 cm³/mol. The first-order chi connectivity index (χ1) is 9.13. The molecule has 4 nitrogen and oxygen atoms in total. The zero-order valence-electron chi connectivity index (χ0n) is 12.0. The number of carbonyl (C=O) groups excluding carboxylic acids is 1. The lowest BCUT2D eigenvalue weighted by atomic mass is 9.92. The van der Waals surface area contributed by atoms with Crippen LogP contribution in [0.15, 0.2) is 18.2 Å². The molecule has 2 rings (SSSR count).